The smallest absolute Gasteiger partial charge is 0.136 e. The summed E-state index contributed by atoms with van der Waals surface area (Å²) in [6, 6.07) is 46.5. The molecule has 0 spiro atoms. The molecular formula is C48H30O. The van der Waals surface area contributed by atoms with Gasteiger partial charge in [0.15, 0.2) is 0 Å². The van der Waals surface area contributed by atoms with Crippen molar-refractivity contribution in [3.8, 4) is 44.5 Å². The third kappa shape index (κ3) is 4.47. The van der Waals surface area contributed by atoms with E-state index in [-0.39, 0.29) is 58.2 Å². The lowest BCUT2D eigenvalue weighted by Gasteiger charge is -2.18. The van der Waals surface area contributed by atoms with Crippen LogP contribution in [0.25, 0.3) is 98.8 Å². The Morgan fingerprint density at radius 3 is 1.57 bits per heavy atom. The summed E-state index contributed by atoms with van der Waals surface area (Å²) in [6.45, 7) is 0. The molecular weight excluding hydrogens is 593 g/mol. The Bertz CT molecular complexity index is 3150. The van der Waals surface area contributed by atoms with E-state index in [4.69, 9.17) is 7.16 Å². The third-order valence-electron chi connectivity index (χ3n) is 9.49. The summed E-state index contributed by atoms with van der Waals surface area (Å²) >= 11 is 0. The Balaban J connectivity index is 1.28. The van der Waals surface area contributed by atoms with Crippen molar-refractivity contribution in [3.63, 3.8) is 0 Å². The van der Waals surface area contributed by atoms with Gasteiger partial charge in [-0.3, -0.25) is 0 Å². The SMILES string of the molecule is [2H]c1c(-c2c3ccccc3c(-c3cccc4oc5cc(-c6ccccc6)ccc5c34)c3ccccc23)c([2H])c2c([2H])c([2H])c(-c3ccccc3)c([2H])c2c1[2H]. The molecule has 0 aliphatic rings. The maximum Gasteiger partial charge on any atom is 0.136 e. The molecule has 0 aliphatic heterocycles. The molecule has 9 aromatic carbocycles. The Labute approximate surface area is 292 Å². The van der Waals surface area contributed by atoms with E-state index in [2.05, 4.69) is 48.5 Å². The molecule has 0 radical (unpaired) electrons. The first-order valence-electron chi connectivity index (χ1n) is 19.4. The molecule has 0 bridgehead atoms. The van der Waals surface area contributed by atoms with Crippen LogP contribution in [0.1, 0.15) is 8.22 Å². The van der Waals surface area contributed by atoms with Gasteiger partial charge in [0, 0.05) is 10.8 Å². The molecule has 228 valence electrons. The number of rotatable bonds is 4. The van der Waals surface area contributed by atoms with Crippen LogP contribution in [-0.4, -0.2) is 0 Å². The van der Waals surface area contributed by atoms with Gasteiger partial charge < -0.3 is 4.42 Å². The van der Waals surface area contributed by atoms with Gasteiger partial charge in [0.25, 0.3) is 0 Å². The van der Waals surface area contributed by atoms with E-state index >= 15 is 0 Å². The Morgan fingerprint density at radius 1 is 0.367 bits per heavy atom. The summed E-state index contributed by atoms with van der Waals surface area (Å²) in [5.41, 5.74) is 7.31. The van der Waals surface area contributed by atoms with Gasteiger partial charge in [-0.15, -0.1) is 0 Å². The lowest BCUT2D eigenvalue weighted by molar-refractivity contribution is 0.669. The van der Waals surface area contributed by atoms with E-state index in [1.54, 1.807) is 24.3 Å². The van der Waals surface area contributed by atoms with Crippen molar-refractivity contribution in [1.82, 2.24) is 0 Å². The Hall–Kier alpha value is -6.44. The average molecular weight is 629 g/mol. The van der Waals surface area contributed by atoms with Crippen molar-refractivity contribution in [3.05, 3.63) is 182 Å². The molecule has 49 heavy (non-hydrogen) atoms. The number of hydrogen-bond donors (Lipinski definition) is 0. The number of fused-ring (bicyclic) bond motifs is 6. The van der Waals surface area contributed by atoms with E-state index < -0.39 is 0 Å². The zero-order valence-electron chi connectivity index (χ0n) is 32.3. The molecule has 0 atom stereocenters. The average Bonchev–Trinajstić information content (AvgIpc) is 3.60. The number of hydrogen-bond acceptors (Lipinski definition) is 1. The molecule has 1 nitrogen and oxygen atoms in total. The fourth-order valence-electron chi connectivity index (χ4n) is 7.28. The van der Waals surface area contributed by atoms with Crippen molar-refractivity contribution in [2.75, 3.05) is 0 Å². The molecule has 10 rings (SSSR count). The molecule has 0 saturated carbocycles. The van der Waals surface area contributed by atoms with Crippen LogP contribution in [0.3, 0.4) is 0 Å². The minimum atomic E-state index is -0.238. The molecule has 0 fully saturated rings. The summed E-state index contributed by atoms with van der Waals surface area (Å²) in [4.78, 5) is 0. The standard InChI is InChI=1S/C48H30O/c1-3-12-31(13-4-1)33-22-23-35-29-37(25-24-34(35)28-33)46-38-16-7-9-18-40(38)47(41-19-10-8-17-39(41)46)43-20-11-21-44-48(43)42-27-26-36(30-45(42)49-44)32-14-5-2-6-15-32/h1-30H/i22D,23D,24D,25D,28D,29D. The largest absolute Gasteiger partial charge is 0.456 e. The molecule has 1 heteroatoms. The lowest BCUT2D eigenvalue weighted by Crippen LogP contribution is -1.91. The normalized spacial score (nSPS) is 13.4. The molecule has 1 heterocycles. The molecule has 0 saturated heterocycles. The predicted octanol–water partition coefficient (Wildman–Crippen LogP) is 13.7. The minimum Gasteiger partial charge on any atom is -0.456 e. The van der Waals surface area contributed by atoms with Crippen molar-refractivity contribution in [2.45, 2.75) is 0 Å². The predicted molar refractivity (Wildman–Crippen MR) is 208 cm³/mol. The topological polar surface area (TPSA) is 13.1 Å². The van der Waals surface area contributed by atoms with E-state index in [9.17, 15) is 5.48 Å². The van der Waals surface area contributed by atoms with Gasteiger partial charge in [0.2, 0.25) is 0 Å². The monoisotopic (exact) mass is 628 g/mol. The molecule has 0 unspecified atom stereocenters. The second-order valence-corrected chi connectivity index (χ2v) is 12.3. The summed E-state index contributed by atoms with van der Waals surface area (Å²) < 4.78 is 62.3. The first kappa shape index (κ1) is 22.2. The van der Waals surface area contributed by atoms with Gasteiger partial charge >= 0.3 is 0 Å². The maximum atomic E-state index is 9.65. The van der Waals surface area contributed by atoms with E-state index in [1.165, 1.54) is 0 Å². The number of benzene rings is 9. The maximum absolute atomic E-state index is 9.65. The van der Waals surface area contributed by atoms with E-state index in [0.717, 1.165) is 65.7 Å². The second-order valence-electron chi connectivity index (χ2n) is 12.3. The lowest BCUT2D eigenvalue weighted by atomic mass is 9.84. The highest BCUT2D eigenvalue weighted by Gasteiger charge is 2.20. The number of furan rings is 1. The molecule has 10 aromatic rings. The van der Waals surface area contributed by atoms with Gasteiger partial charge in [-0.2, -0.15) is 0 Å². The van der Waals surface area contributed by atoms with Crippen molar-refractivity contribution >= 4 is 54.3 Å². The van der Waals surface area contributed by atoms with Crippen LogP contribution in [0.2, 0.25) is 0 Å². The quantitative estimate of drug-likeness (QED) is 0.177. The van der Waals surface area contributed by atoms with Crippen LogP contribution >= 0.6 is 0 Å². The van der Waals surface area contributed by atoms with E-state index in [0.29, 0.717) is 11.1 Å². The van der Waals surface area contributed by atoms with Crippen LogP contribution in [0.4, 0.5) is 0 Å². The van der Waals surface area contributed by atoms with Crippen molar-refractivity contribution in [2.24, 2.45) is 0 Å². The van der Waals surface area contributed by atoms with Crippen LogP contribution in [0.5, 0.6) is 0 Å². The van der Waals surface area contributed by atoms with Gasteiger partial charge in [-0.25, -0.2) is 0 Å². The first-order valence-corrected chi connectivity index (χ1v) is 16.4. The molecule has 0 amide bonds. The Morgan fingerprint density at radius 2 is 0.918 bits per heavy atom. The van der Waals surface area contributed by atoms with Crippen molar-refractivity contribution in [1.29, 1.82) is 0 Å². The molecule has 0 aliphatic carbocycles. The first-order chi connectivity index (χ1) is 26.8. The van der Waals surface area contributed by atoms with E-state index in [1.807, 2.05) is 72.8 Å². The minimum absolute atomic E-state index is 0.0347. The summed E-state index contributed by atoms with van der Waals surface area (Å²) in [7, 11) is 0. The summed E-state index contributed by atoms with van der Waals surface area (Å²) in [6.07, 6.45) is 0. The highest BCUT2D eigenvalue weighted by atomic mass is 16.3. The van der Waals surface area contributed by atoms with Gasteiger partial charge in [-0.05, 0) is 107 Å². The second kappa shape index (κ2) is 11.1. The zero-order chi connectivity index (χ0) is 37.5. The molecule has 0 N–H and O–H groups in total. The third-order valence-corrected chi connectivity index (χ3v) is 9.49. The van der Waals surface area contributed by atoms with Crippen LogP contribution < -0.4 is 0 Å². The molecule has 1 aromatic heterocycles. The summed E-state index contributed by atoms with van der Waals surface area (Å²) in [5, 5.41) is 5.43. The van der Waals surface area contributed by atoms with Crippen LogP contribution in [0.15, 0.2) is 186 Å². The van der Waals surface area contributed by atoms with Gasteiger partial charge in [0.1, 0.15) is 11.2 Å². The fraction of sp³-hybridized carbons (Fsp3) is 0. The van der Waals surface area contributed by atoms with Crippen molar-refractivity contribution < 1.29 is 12.6 Å². The van der Waals surface area contributed by atoms with Crippen LogP contribution in [0, 0.1) is 0 Å². The highest BCUT2D eigenvalue weighted by Crippen LogP contribution is 2.47. The van der Waals surface area contributed by atoms with Crippen LogP contribution in [-0.2, 0) is 0 Å². The van der Waals surface area contributed by atoms with Gasteiger partial charge in [-0.1, -0.05) is 152 Å². The highest BCUT2D eigenvalue weighted by molar-refractivity contribution is 6.26. The zero-order valence-corrected chi connectivity index (χ0v) is 26.3. The Kier molecular flexibility index (Phi) is 5.02. The summed E-state index contributed by atoms with van der Waals surface area (Å²) in [5.74, 6) is 0. The fourth-order valence-corrected chi connectivity index (χ4v) is 7.28. The van der Waals surface area contributed by atoms with Gasteiger partial charge in [0.05, 0.1) is 8.22 Å².